The number of carbonyl (C=O) groups is 1. The van der Waals surface area contributed by atoms with Crippen molar-refractivity contribution in [1.82, 2.24) is 4.98 Å². The van der Waals surface area contributed by atoms with Crippen LogP contribution >= 0.6 is 11.3 Å². The van der Waals surface area contributed by atoms with E-state index in [2.05, 4.69) is 25.8 Å². The van der Waals surface area contributed by atoms with Gasteiger partial charge in [-0.2, -0.15) is 0 Å². The molecule has 1 saturated carbocycles. The van der Waals surface area contributed by atoms with Crippen molar-refractivity contribution >= 4 is 17.3 Å². The summed E-state index contributed by atoms with van der Waals surface area (Å²) in [6, 6.07) is 0. The summed E-state index contributed by atoms with van der Waals surface area (Å²) >= 11 is 1.37. The first-order chi connectivity index (χ1) is 7.49. The van der Waals surface area contributed by atoms with Gasteiger partial charge in [-0.05, 0) is 24.7 Å². The number of carboxylic acid groups (broad SMARTS) is 1. The van der Waals surface area contributed by atoms with Gasteiger partial charge in [-0.3, -0.25) is 0 Å². The van der Waals surface area contributed by atoms with Crippen molar-refractivity contribution in [3.63, 3.8) is 0 Å². The van der Waals surface area contributed by atoms with Crippen molar-refractivity contribution in [2.45, 2.75) is 39.5 Å². The first kappa shape index (κ1) is 11.6. The third-order valence-electron chi connectivity index (χ3n) is 2.94. The van der Waals surface area contributed by atoms with Crippen LogP contribution in [-0.4, -0.2) is 16.1 Å². The van der Waals surface area contributed by atoms with Crippen LogP contribution in [0.5, 0.6) is 0 Å². The Hall–Kier alpha value is -0.900. The zero-order chi connectivity index (χ0) is 11.9. The molecule has 16 heavy (non-hydrogen) atoms. The number of hydrogen-bond acceptors (Lipinski definition) is 3. The Balaban J connectivity index is 2.27. The molecule has 0 radical (unpaired) electrons. The maximum absolute atomic E-state index is 11.1. The third kappa shape index (κ3) is 2.26. The second-order valence-electron chi connectivity index (χ2n) is 5.05. The molecular weight excluding hydrogens is 222 g/mol. The number of thiazole rings is 1. The van der Waals surface area contributed by atoms with E-state index in [-0.39, 0.29) is 0 Å². The first-order valence-electron chi connectivity index (χ1n) is 5.72. The number of aromatic carboxylic acids is 1. The van der Waals surface area contributed by atoms with Gasteiger partial charge in [0.05, 0.1) is 10.7 Å². The molecule has 1 fully saturated rings. The summed E-state index contributed by atoms with van der Waals surface area (Å²) in [5.74, 6) is 0.820. The molecule has 3 nitrogen and oxygen atoms in total. The quantitative estimate of drug-likeness (QED) is 0.878. The number of rotatable bonds is 4. The Morgan fingerprint density at radius 2 is 2.25 bits per heavy atom. The molecule has 0 amide bonds. The molecule has 2 rings (SSSR count). The van der Waals surface area contributed by atoms with E-state index in [1.165, 1.54) is 11.3 Å². The van der Waals surface area contributed by atoms with Gasteiger partial charge >= 0.3 is 5.97 Å². The van der Waals surface area contributed by atoms with Crippen LogP contribution in [0.2, 0.25) is 0 Å². The Kier molecular flexibility index (Phi) is 3.02. The van der Waals surface area contributed by atoms with E-state index in [1.807, 2.05) is 0 Å². The molecule has 1 aliphatic rings. The molecule has 1 aromatic heterocycles. The van der Waals surface area contributed by atoms with Crippen LogP contribution < -0.4 is 0 Å². The molecule has 1 N–H and O–H groups in total. The number of aromatic nitrogens is 1. The van der Waals surface area contributed by atoms with Crippen LogP contribution in [0.1, 0.15) is 53.5 Å². The minimum Gasteiger partial charge on any atom is -0.477 e. The maximum atomic E-state index is 11.1. The molecule has 4 heteroatoms. The summed E-state index contributed by atoms with van der Waals surface area (Å²) in [5, 5.41) is 10.2. The van der Waals surface area contributed by atoms with Crippen molar-refractivity contribution < 1.29 is 9.90 Å². The minimum atomic E-state index is -0.826. The molecule has 0 aromatic carbocycles. The standard InChI is InChI=1S/C12H17NO2S/c1-6(2)4-9-10(12(14)15)16-11(13-9)8-5-7(8)3/h6-8H,4-5H2,1-3H3,(H,14,15). The average Bonchev–Trinajstić information content (AvgIpc) is 2.74. The van der Waals surface area contributed by atoms with Crippen molar-refractivity contribution in [3.05, 3.63) is 15.6 Å². The molecule has 2 atom stereocenters. The first-order valence-corrected chi connectivity index (χ1v) is 6.53. The van der Waals surface area contributed by atoms with Crippen molar-refractivity contribution in [2.24, 2.45) is 11.8 Å². The lowest BCUT2D eigenvalue weighted by Crippen LogP contribution is -2.02. The van der Waals surface area contributed by atoms with Crippen molar-refractivity contribution in [2.75, 3.05) is 0 Å². The molecule has 0 aliphatic heterocycles. The molecule has 2 unspecified atom stereocenters. The van der Waals surface area contributed by atoms with E-state index in [0.29, 0.717) is 22.6 Å². The highest BCUT2D eigenvalue weighted by Gasteiger charge is 2.37. The van der Waals surface area contributed by atoms with Crippen molar-refractivity contribution in [3.8, 4) is 0 Å². The Morgan fingerprint density at radius 3 is 2.69 bits per heavy atom. The lowest BCUT2D eigenvalue weighted by molar-refractivity contribution is 0.0700. The van der Waals surface area contributed by atoms with Crippen LogP contribution in [0.15, 0.2) is 0 Å². The highest BCUT2D eigenvalue weighted by molar-refractivity contribution is 7.13. The number of carboxylic acids is 1. The highest BCUT2D eigenvalue weighted by Crippen LogP contribution is 2.48. The smallest absolute Gasteiger partial charge is 0.347 e. The minimum absolute atomic E-state index is 0.447. The summed E-state index contributed by atoms with van der Waals surface area (Å²) in [7, 11) is 0. The molecule has 88 valence electrons. The summed E-state index contributed by atoms with van der Waals surface area (Å²) in [4.78, 5) is 16.1. The monoisotopic (exact) mass is 239 g/mol. The van der Waals surface area contributed by atoms with Gasteiger partial charge < -0.3 is 5.11 Å². The fourth-order valence-corrected chi connectivity index (χ4v) is 3.07. The van der Waals surface area contributed by atoms with E-state index in [9.17, 15) is 4.79 Å². The predicted molar refractivity (Wildman–Crippen MR) is 64.1 cm³/mol. The third-order valence-corrected chi connectivity index (χ3v) is 4.15. The van der Waals surface area contributed by atoms with E-state index < -0.39 is 5.97 Å². The Labute approximate surface area is 99.5 Å². The second-order valence-corrected chi connectivity index (χ2v) is 6.08. The van der Waals surface area contributed by atoms with Crippen LogP contribution in [-0.2, 0) is 6.42 Å². The predicted octanol–water partition coefficient (Wildman–Crippen LogP) is 3.16. The van der Waals surface area contributed by atoms with Gasteiger partial charge in [-0.15, -0.1) is 11.3 Å². The second kappa shape index (κ2) is 4.17. The van der Waals surface area contributed by atoms with Crippen LogP contribution in [0.3, 0.4) is 0 Å². The molecule has 0 spiro atoms. The summed E-state index contributed by atoms with van der Waals surface area (Å²) in [6.07, 6.45) is 1.92. The average molecular weight is 239 g/mol. The fourth-order valence-electron chi connectivity index (χ4n) is 1.89. The molecule has 0 bridgehead atoms. The maximum Gasteiger partial charge on any atom is 0.347 e. The van der Waals surface area contributed by atoms with Crippen LogP contribution in [0, 0.1) is 11.8 Å². The summed E-state index contributed by atoms with van der Waals surface area (Å²) < 4.78 is 0. The SMILES string of the molecule is CC(C)Cc1nc(C2CC2C)sc1C(=O)O. The molecule has 1 heterocycles. The van der Waals surface area contributed by atoms with E-state index in [1.54, 1.807) is 0 Å². The van der Waals surface area contributed by atoms with Gasteiger partial charge in [0.2, 0.25) is 0 Å². The number of hydrogen-bond donors (Lipinski definition) is 1. The molecule has 1 aliphatic carbocycles. The van der Waals surface area contributed by atoms with Gasteiger partial charge in [-0.25, -0.2) is 9.78 Å². The van der Waals surface area contributed by atoms with Crippen LogP contribution in [0.4, 0.5) is 0 Å². The van der Waals surface area contributed by atoms with Gasteiger partial charge in [0.1, 0.15) is 4.88 Å². The van der Waals surface area contributed by atoms with Gasteiger partial charge in [0.15, 0.2) is 0 Å². The normalized spacial score (nSPS) is 23.8. The lowest BCUT2D eigenvalue weighted by atomic mass is 10.1. The zero-order valence-electron chi connectivity index (χ0n) is 9.86. The lowest BCUT2D eigenvalue weighted by Gasteiger charge is -2.01. The van der Waals surface area contributed by atoms with Gasteiger partial charge in [0.25, 0.3) is 0 Å². The molecule has 1 aromatic rings. The summed E-state index contributed by atoms with van der Waals surface area (Å²) in [5.41, 5.74) is 0.779. The van der Waals surface area contributed by atoms with Gasteiger partial charge in [-0.1, -0.05) is 20.8 Å². The Morgan fingerprint density at radius 1 is 1.62 bits per heavy atom. The van der Waals surface area contributed by atoms with Crippen LogP contribution in [0.25, 0.3) is 0 Å². The largest absolute Gasteiger partial charge is 0.477 e. The Bertz CT molecular complexity index is 411. The van der Waals surface area contributed by atoms with Gasteiger partial charge in [0, 0.05) is 5.92 Å². The van der Waals surface area contributed by atoms with E-state index in [0.717, 1.165) is 23.5 Å². The van der Waals surface area contributed by atoms with E-state index >= 15 is 0 Å². The zero-order valence-corrected chi connectivity index (χ0v) is 10.7. The molecule has 0 saturated heterocycles. The highest BCUT2D eigenvalue weighted by atomic mass is 32.1. The topological polar surface area (TPSA) is 50.2 Å². The molecular formula is C12H17NO2S. The van der Waals surface area contributed by atoms with E-state index in [4.69, 9.17) is 5.11 Å². The summed E-state index contributed by atoms with van der Waals surface area (Å²) in [6.45, 7) is 6.36. The van der Waals surface area contributed by atoms with Crippen molar-refractivity contribution in [1.29, 1.82) is 0 Å². The number of nitrogens with zero attached hydrogens (tertiary/aromatic N) is 1. The fraction of sp³-hybridized carbons (Fsp3) is 0.667.